The highest BCUT2D eigenvalue weighted by molar-refractivity contribution is 5.91. The summed E-state index contributed by atoms with van der Waals surface area (Å²) in [6.07, 6.45) is 7.58. The van der Waals surface area contributed by atoms with E-state index >= 15 is 0 Å². The van der Waals surface area contributed by atoms with E-state index in [1.54, 1.807) is 0 Å². The largest absolute Gasteiger partial charge is 0.550 e. The minimum atomic E-state index is -3.10. The van der Waals surface area contributed by atoms with Gasteiger partial charge in [-0.15, -0.1) is 0 Å². The summed E-state index contributed by atoms with van der Waals surface area (Å²) < 4.78 is 0. The molecule has 0 aliphatic rings. The van der Waals surface area contributed by atoms with Gasteiger partial charge in [0.1, 0.15) is 5.60 Å². The molecule has 0 fully saturated rings. The summed E-state index contributed by atoms with van der Waals surface area (Å²) in [6, 6.07) is 0. The van der Waals surface area contributed by atoms with Gasteiger partial charge in [-0.2, -0.15) is 0 Å². The molecule has 0 rings (SSSR count). The molecule has 0 saturated heterocycles. The van der Waals surface area contributed by atoms with Gasteiger partial charge in [0, 0.05) is 17.3 Å². The van der Waals surface area contributed by atoms with E-state index in [0.717, 1.165) is 38.5 Å². The zero-order chi connectivity index (χ0) is 23.9. The van der Waals surface area contributed by atoms with Crippen molar-refractivity contribution in [3.05, 3.63) is 0 Å². The zero-order valence-electron chi connectivity index (χ0n) is 19.6. The Morgan fingerprint density at radius 3 is 1.42 bits per heavy atom. The summed E-state index contributed by atoms with van der Waals surface area (Å²) in [5.41, 5.74) is -5.35. The molecule has 0 heterocycles. The fraction of sp³-hybridized carbons (Fsp3) is 0.875. The number of carbonyl (C=O) groups excluding carboxylic acids is 3. The first-order chi connectivity index (χ1) is 14.7. The molecule has 0 aromatic carbocycles. The topological polar surface area (TPSA) is 141 Å². The third kappa shape index (κ3) is 8.09. The molecule has 0 saturated carbocycles. The maximum atomic E-state index is 12.4. The standard InChI is InChI=1S/C24H44O7/c1-4-7-10-13-16-19(20(25)26)24(31,22(29)30)23(21(27)28,17-14-11-8-5-2)18-15-12-9-6-3/h19,31H,4-18H2,1-3H3,(H,25,26)(H,27,28)(H,29,30)/p-3. The Kier molecular flexibility index (Phi) is 14.4. The summed E-state index contributed by atoms with van der Waals surface area (Å²) in [5, 5.41) is 48.0. The molecule has 0 radical (unpaired) electrons. The number of rotatable bonds is 20. The SMILES string of the molecule is CCCCCCC(C(=O)[O-])C(O)(C(=O)[O-])C(CCCCCC)(CCCCCC)C(=O)[O-]. The molecular weight excluding hydrogens is 400 g/mol. The van der Waals surface area contributed by atoms with Crippen LogP contribution >= 0.6 is 0 Å². The summed E-state index contributed by atoms with van der Waals surface area (Å²) >= 11 is 0. The number of carboxylic acids is 3. The Balaban J connectivity index is 6.18. The minimum absolute atomic E-state index is 0.176. The second-order valence-corrected chi connectivity index (χ2v) is 8.77. The number of hydrogen-bond acceptors (Lipinski definition) is 7. The molecule has 7 heteroatoms. The first-order valence-electron chi connectivity index (χ1n) is 12.0. The van der Waals surface area contributed by atoms with E-state index in [-0.39, 0.29) is 19.3 Å². The third-order valence-corrected chi connectivity index (χ3v) is 6.48. The van der Waals surface area contributed by atoms with Crippen LogP contribution in [-0.2, 0) is 14.4 Å². The summed E-state index contributed by atoms with van der Waals surface area (Å²) in [4.78, 5) is 36.6. The van der Waals surface area contributed by atoms with Crippen molar-refractivity contribution < 1.29 is 34.8 Å². The van der Waals surface area contributed by atoms with E-state index in [0.29, 0.717) is 38.5 Å². The quantitative estimate of drug-likeness (QED) is 0.282. The minimum Gasteiger partial charge on any atom is -0.550 e. The fourth-order valence-corrected chi connectivity index (χ4v) is 4.52. The molecule has 1 N–H and O–H groups in total. The molecule has 2 unspecified atom stereocenters. The van der Waals surface area contributed by atoms with Crippen molar-refractivity contribution >= 4 is 17.9 Å². The molecule has 0 bridgehead atoms. The molecule has 0 spiro atoms. The highest BCUT2D eigenvalue weighted by Gasteiger charge is 2.56. The average molecular weight is 442 g/mol. The van der Waals surface area contributed by atoms with Gasteiger partial charge in [-0.3, -0.25) is 0 Å². The van der Waals surface area contributed by atoms with Crippen LogP contribution in [0.25, 0.3) is 0 Å². The lowest BCUT2D eigenvalue weighted by Gasteiger charge is -2.53. The Hall–Kier alpha value is -1.63. The predicted molar refractivity (Wildman–Crippen MR) is 112 cm³/mol. The van der Waals surface area contributed by atoms with Gasteiger partial charge in [0.25, 0.3) is 0 Å². The molecular formula is C24H41O7-3. The fourth-order valence-electron chi connectivity index (χ4n) is 4.52. The zero-order valence-corrected chi connectivity index (χ0v) is 19.6. The lowest BCUT2D eigenvalue weighted by molar-refractivity contribution is -0.365. The van der Waals surface area contributed by atoms with Crippen LogP contribution in [0.4, 0.5) is 0 Å². The maximum absolute atomic E-state index is 12.4. The van der Waals surface area contributed by atoms with Crippen molar-refractivity contribution in [3.63, 3.8) is 0 Å². The van der Waals surface area contributed by atoms with Gasteiger partial charge in [-0.1, -0.05) is 97.8 Å². The lowest BCUT2D eigenvalue weighted by Crippen LogP contribution is -2.71. The number of carboxylic acid groups (broad SMARTS) is 3. The van der Waals surface area contributed by atoms with Crippen molar-refractivity contribution in [2.24, 2.45) is 11.3 Å². The molecule has 7 nitrogen and oxygen atoms in total. The van der Waals surface area contributed by atoms with Crippen molar-refractivity contribution in [2.45, 2.75) is 123 Å². The van der Waals surface area contributed by atoms with Crippen molar-refractivity contribution in [1.82, 2.24) is 0 Å². The summed E-state index contributed by atoms with van der Waals surface area (Å²) in [6.45, 7) is 5.94. The second-order valence-electron chi connectivity index (χ2n) is 8.77. The third-order valence-electron chi connectivity index (χ3n) is 6.48. The highest BCUT2D eigenvalue weighted by atomic mass is 16.4. The number of aliphatic carboxylic acids is 3. The molecule has 0 aromatic rings. The summed E-state index contributed by atoms with van der Waals surface area (Å²) in [7, 11) is 0. The Bertz CT molecular complexity index is 534. The Morgan fingerprint density at radius 1 is 0.677 bits per heavy atom. The van der Waals surface area contributed by atoms with Gasteiger partial charge in [-0.05, 0) is 19.3 Å². The van der Waals surface area contributed by atoms with Gasteiger partial charge in [-0.25, -0.2) is 0 Å². The highest BCUT2D eigenvalue weighted by Crippen LogP contribution is 2.47. The first kappa shape index (κ1) is 29.4. The van der Waals surface area contributed by atoms with Crippen LogP contribution in [0.2, 0.25) is 0 Å². The van der Waals surface area contributed by atoms with Crippen molar-refractivity contribution in [1.29, 1.82) is 0 Å². The normalized spacial score (nSPS) is 14.7. The van der Waals surface area contributed by atoms with Gasteiger partial charge < -0.3 is 34.8 Å². The average Bonchev–Trinajstić information content (AvgIpc) is 2.71. The van der Waals surface area contributed by atoms with E-state index in [2.05, 4.69) is 0 Å². The van der Waals surface area contributed by atoms with E-state index in [1.165, 1.54) is 0 Å². The Labute approximate surface area is 187 Å². The first-order valence-corrected chi connectivity index (χ1v) is 12.0. The number of carbonyl (C=O) groups is 3. The van der Waals surface area contributed by atoms with Crippen LogP contribution in [0.3, 0.4) is 0 Å². The van der Waals surface area contributed by atoms with E-state index in [4.69, 9.17) is 0 Å². The van der Waals surface area contributed by atoms with Gasteiger partial charge in [0.2, 0.25) is 0 Å². The van der Waals surface area contributed by atoms with Gasteiger partial charge in [0.15, 0.2) is 0 Å². The molecule has 0 aliphatic carbocycles. The molecule has 182 valence electrons. The monoisotopic (exact) mass is 441 g/mol. The van der Waals surface area contributed by atoms with Crippen LogP contribution in [0, 0.1) is 11.3 Å². The molecule has 0 aliphatic heterocycles. The maximum Gasteiger partial charge on any atom is 0.123 e. The second kappa shape index (κ2) is 15.2. The lowest BCUT2D eigenvalue weighted by atomic mass is 9.59. The van der Waals surface area contributed by atoms with Crippen molar-refractivity contribution in [3.8, 4) is 0 Å². The molecule has 0 aromatic heterocycles. The predicted octanol–water partition coefficient (Wildman–Crippen LogP) is 1.48. The van der Waals surface area contributed by atoms with Crippen LogP contribution in [0.5, 0.6) is 0 Å². The van der Waals surface area contributed by atoms with E-state index in [1.807, 2.05) is 20.8 Å². The van der Waals surface area contributed by atoms with Crippen LogP contribution in [0.1, 0.15) is 117 Å². The van der Waals surface area contributed by atoms with E-state index < -0.39 is 34.8 Å². The Morgan fingerprint density at radius 2 is 1.10 bits per heavy atom. The smallest absolute Gasteiger partial charge is 0.123 e. The van der Waals surface area contributed by atoms with Gasteiger partial charge in [0.05, 0.1) is 11.9 Å². The van der Waals surface area contributed by atoms with Crippen molar-refractivity contribution in [2.75, 3.05) is 0 Å². The van der Waals surface area contributed by atoms with Gasteiger partial charge >= 0.3 is 0 Å². The number of hydrogen-bond donors (Lipinski definition) is 1. The van der Waals surface area contributed by atoms with Crippen LogP contribution in [0.15, 0.2) is 0 Å². The van der Waals surface area contributed by atoms with E-state index in [9.17, 15) is 34.8 Å². The number of unbranched alkanes of at least 4 members (excludes halogenated alkanes) is 9. The number of aliphatic hydroxyl groups is 1. The molecule has 2 atom stereocenters. The molecule has 0 amide bonds. The van der Waals surface area contributed by atoms with Crippen LogP contribution < -0.4 is 15.3 Å². The molecule has 31 heavy (non-hydrogen) atoms. The summed E-state index contributed by atoms with van der Waals surface area (Å²) in [5.74, 6) is -7.46. The van der Waals surface area contributed by atoms with Crippen LogP contribution in [-0.4, -0.2) is 28.6 Å².